The fourth-order valence-electron chi connectivity index (χ4n) is 6.43. The van der Waals surface area contributed by atoms with Crippen molar-refractivity contribution in [1.82, 2.24) is 0 Å². The van der Waals surface area contributed by atoms with Crippen molar-refractivity contribution in [3.05, 3.63) is 172 Å². The van der Waals surface area contributed by atoms with E-state index in [1.807, 2.05) is 129 Å². The number of ether oxygens (including phenoxy) is 5. The molecule has 0 saturated carbocycles. The Bertz CT molecular complexity index is 1750. The molecule has 1 unspecified atom stereocenters. The van der Waals surface area contributed by atoms with Crippen LogP contribution in [-0.2, 0) is 45.2 Å². The SMILES string of the molecule is CCOc1ccc(Cc2cc([C@@H]3OC(C)(CO)[C@H](OCc4ccccc4)[C@@H](OCc4ccccc4)[C@H]3OCc3ccccc3)ccc2Cl)cc1. The molecule has 7 heteroatoms. The summed E-state index contributed by atoms with van der Waals surface area (Å²) in [6.45, 7) is 5.18. The van der Waals surface area contributed by atoms with Gasteiger partial charge in [-0.1, -0.05) is 127 Å². The van der Waals surface area contributed by atoms with E-state index in [1.54, 1.807) is 0 Å². The summed E-state index contributed by atoms with van der Waals surface area (Å²) in [7, 11) is 0. The van der Waals surface area contributed by atoms with E-state index in [2.05, 4.69) is 18.2 Å². The minimum Gasteiger partial charge on any atom is -0.494 e. The van der Waals surface area contributed by atoms with E-state index < -0.39 is 30.0 Å². The van der Waals surface area contributed by atoms with Gasteiger partial charge < -0.3 is 28.8 Å². The van der Waals surface area contributed by atoms with Crippen LogP contribution in [0.4, 0.5) is 0 Å². The number of aliphatic hydroxyl groups is 1. The number of benzene rings is 5. The summed E-state index contributed by atoms with van der Waals surface area (Å²) in [6.07, 6.45) is -1.86. The highest BCUT2D eigenvalue weighted by molar-refractivity contribution is 6.31. The van der Waals surface area contributed by atoms with Crippen molar-refractivity contribution in [2.45, 2.75) is 70.1 Å². The summed E-state index contributed by atoms with van der Waals surface area (Å²) in [4.78, 5) is 0. The van der Waals surface area contributed by atoms with Crippen LogP contribution in [0.25, 0.3) is 0 Å². The van der Waals surface area contributed by atoms with Crippen LogP contribution in [0.3, 0.4) is 0 Å². The topological polar surface area (TPSA) is 66.4 Å². The first-order valence-corrected chi connectivity index (χ1v) is 17.6. The fourth-order valence-corrected chi connectivity index (χ4v) is 6.61. The molecular formula is C43H45ClO6. The third-order valence-electron chi connectivity index (χ3n) is 9.10. The van der Waals surface area contributed by atoms with Crippen molar-refractivity contribution in [1.29, 1.82) is 0 Å². The molecule has 260 valence electrons. The molecule has 6 nitrogen and oxygen atoms in total. The number of halogens is 1. The lowest BCUT2D eigenvalue weighted by Crippen LogP contribution is -2.64. The third-order valence-corrected chi connectivity index (χ3v) is 9.47. The number of hydrogen-bond acceptors (Lipinski definition) is 6. The fraction of sp³-hybridized carbons (Fsp3) is 0.302. The minimum absolute atomic E-state index is 0.286. The second kappa shape index (κ2) is 17.3. The minimum atomic E-state index is -1.12. The lowest BCUT2D eigenvalue weighted by Gasteiger charge is -2.51. The van der Waals surface area contributed by atoms with Gasteiger partial charge in [-0.05, 0) is 71.8 Å². The third kappa shape index (κ3) is 9.01. The van der Waals surface area contributed by atoms with Crippen LogP contribution in [-0.4, -0.2) is 42.2 Å². The quantitative estimate of drug-likeness (QED) is 0.118. The summed E-state index contributed by atoms with van der Waals surface area (Å²) in [5.74, 6) is 0.832. The lowest BCUT2D eigenvalue weighted by atomic mass is 9.83. The van der Waals surface area contributed by atoms with Crippen molar-refractivity contribution >= 4 is 11.6 Å². The lowest BCUT2D eigenvalue weighted by molar-refractivity contribution is -0.306. The van der Waals surface area contributed by atoms with Crippen molar-refractivity contribution < 1.29 is 28.8 Å². The Morgan fingerprint density at radius 1 is 0.660 bits per heavy atom. The monoisotopic (exact) mass is 692 g/mol. The summed E-state index contributed by atoms with van der Waals surface area (Å²) in [6, 6.07) is 44.1. The Hall–Kier alpha value is -4.01. The average molecular weight is 693 g/mol. The average Bonchev–Trinajstić information content (AvgIpc) is 3.16. The standard InChI is InChI=1S/C43H45ClO6/c1-3-46-37-22-19-31(20-23-37)25-36-26-35(21-24-38(36)44)39-40(47-27-32-13-7-4-8-14-32)41(48-28-33-15-9-5-10-16-33)42(43(2,30-45)50-39)49-29-34-17-11-6-12-18-34/h4-24,26,39-42,45H,3,25,27-30H2,1-2H3/t39-,40-,41-,42+,43?/m0/s1. The molecule has 0 spiro atoms. The molecule has 5 atom stereocenters. The molecule has 1 N–H and O–H groups in total. The summed E-state index contributed by atoms with van der Waals surface area (Å²) in [5, 5.41) is 11.7. The van der Waals surface area contributed by atoms with Crippen molar-refractivity contribution in [3.8, 4) is 5.75 Å². The Morgan fingerprint density at radius 2 is 1.20 bits per heavy atom. The summed E-state index contributed by atoms with van der Waals surface area (Å²) in [5.41, 5.74) is 4.87. The molecule has 0 amide bonds. The molecule has 1 fully saturated rings. The molecule has 0 bridgehead atoms. The molecule has 0 aromatic heterocycles. The van der Waals surface area contributed by atoms with Crippen molar-refractivity contribution in [2.75, 3.05) is 13.2 Å². The Labute approximate surface area is 300 Å². The van der Waals surface area contributed by atoms with E-state index in [0.717, 1.165) is 39.1 Å². The second-order valence-corrected chi connectivity index (χ2v) is 13.3. The Morgan fingerprint density at radius 3 is 1.74 bits per heavy atom. The van der Waals surface area contributed by atoms with E-state index in [1.165, 1.54) is 0 Å². The van der Waals surface area contributed by atoms with Gasteiger partial charge in [-0.15, -0.1) is 0 Å². The molecule has 1 aliphatic heterocycles. The van der Waals surface area contributed by atoms with Crippen LogP contribution in [0, 0.1) is 0 Å². The zero-order valence-corrected chi connectivity index (χ0v) is 29.4. The predicted octanol–water partition coefficient (Wildman–Crippen LogP) is 8.91. The molecule has 6 rings (SSSR count). The van der Waals surface area contributed by atoms with E-state index in [4.69, 9.17) is 35.3 Å². The molecule has 1 heterocycles. The number of hydrogen-bond donors (Lipinski definition) is 1. The molecule has 1 saturated heterocycles. The van der Waals surface area contributed by atoms with Crippen LogP contribution < -0.4 is 4.74 Å². The highest BCUT2D eigenvalue weighted by Crippen LogP contribution is 2.43. The summed E-state index contributed by atoms with van der Waals surface area (Å²) < 4.78 is 32.9. The van der Waals surface area contributed by atoms with E-state index in [0.29, 0.717) is 37.9 Å². The molecule has 5 aromatic carbocycles. The van der Waals surface area contributed by atoms with Gasteiger partial charge in [0.25, 0.3) is 0 Å². The van der Waals surface area contributed by atoms with E-state index in [-0.39, 0.29) is 6.61 Å². The highest BCUT2D eigenvalue weighted by atomic mass is 35.5. The van der Waals surface area contributed by atoms with Gasteiger partial charge in [0.15, 0.2) is 0 Å². The predicted molar refractivity (Wildman–Crippen MR) is 196 cm³/mol. The largest absolute Gasteiger partial charge is 0.494 e. The van der Waals surface area contributed by atoms with Crippen LogP contribution >= 0.6 is 11.6 Å². The maximum absolute atomic E-state index is 11.0. The van der Waals surface area contributed by atoms with Gasteiger partial charge in [0, 0.05) is 5.02 Å². The van der Waals surface area contributed by atoms with E-state index >= 15 is 0 Å². The van der Waals surface area contributed by atoms with Crippen LogP contribution in [0.15, 0.2) is 133 Å². The maximum atomic E-state index is 11.0. The smallest absolute Gasteiger partial charge is 0.119 e. The normalized spacial score (nSPS) is 21.9. The molecule has 5 aromatic rings. The van der Waals surface area contributed by atoms with Crippen molar-refractivity contribution in [3.63, 3.8) is 0 Å². The summed E-state index contributed by atoms with van der Waals surface area (Å²) >= 11 is 6.81. The zero-order chi connectivity index (χ0) is 34.8. The van der Waals surface area contributed by atoms with Gasteiger partial charge in [-0.3, -0.25) is 0 Å². The van der Waals surface area contributed by atoms with Gasteiger partial charge in [0.05, 0.1) is 33.0 Å². The first kappa shape index (κ1) is 35.8. The Kier molecular flexibility index (Phi) is 12.4. The van der Waals surface area contributed by atoms with Gasteiger partial charge in [-0.25, -0.2) is 0 Å². The van der Waals surface area contributed by atoms with Crippen molar-refractivity contribution in [2.24, 2.45) is 0 Å². The molecular weight excluding hydrogens is 648 g/mol. The Balaban J connectivity index is 1.37. The molecule has 0 aliphatic carbocycles. The van der Waals surface area contributed by atoms with Gasteiger partial charge >= 0.3 is 0 Å². The van der Waals surface area contributed by atoms with Crippen LogP contribution in [0.2, 0.25) is 5.02 Å². The maximum Gasteiger partial charge on any atom is 0.119 e. The molecule has 0 radical (unpaired) electrons. The van der Waals surface area contributed by atoms with Gasteiger partial charge in [0.2, 0.25) is 0 Å². The zero-order valence-electron chi connectivity index (χ0n) is 28.6. The number of rotatable bonds is 15. The first-order valence-electron chi connectivity index (χ1n) is 17.2. The number of aliphatic hydroxyl groups excluding tert-OH is 1. The van der Waals surface area contributed by atoms with Crippen LogP contribution in [0.5, 0.6) is 5.75 Å². The van der Waals surface area contributed by atoms with Crippen LogP contribution in [0.1, 0.15) is 53.3 Å². The van der Waals surface area contributed by atoms with Gasteiger partial charge in [0.1, 0.15) is 35.8 Å². The van der Waals surface area contributed by atoms with E-state index in [9.17, 15) is 5.11 Å². The molecule has 1 aliphatic rings. The highest BCUT2D eigenvalue weighted by Gasteiger charge is 2.54. The van der Waals surface area contributed by atoms with Gasteiger partial charge in [-0.2, -0.15) is 0 Å². The second-order valence-electron chi connectivity index (χ2n) is 12.9. The first-order chi connectivity index (χ1) is 24.5. The molecule has 50 heavy (non-hydrogen) atoms.